The molecule has 1 aliphatic rings. The van der Waals surface area contributed by atoms with E-state index in [9.17, 15) is 13.6 Å². The highest BCUT2D eigenvalue weighted by Crippen LogP contribution is 2.26. The lowest BCUT2D eigenvalue weighted by molar-refractivity contribution is -0.126. The molecule has 116 valence electrons. The summed E-state index contributed by atoms with van der Waals surface area (Å²) in [6, 6.07) is 6.14. The van der Waals surface area contributed by atoms with E-state index in [1.165, 1.54) is 6.07 Å². The minimum Gasteiger partial charge on any atom is -0.434 e. The Labute approximate surface area is 122 Å². The Morgan fingerprint density at radius 3 is 2.86 bits per heavy atom. The first kappa shape index (κ1) is 15.7. The van der Waals surface area contributed by atoms with Gasteiger partial charge >= 0.3 is 6.61 Å². The molecule has 4 nitrogen and oxygen atoms in total. The van der Waals surface area contributed by atoms with Crippen molar-refractivity contribution in [2.45, 2.75) is 32.4 Å². The molecule has 1 aliphatic heterocycles. The lowest BCUT2D eigenvalue weighted by atomic mass is 9.98. The van der Waals surface area contributed by atoms with E-state index in [1.54, 1.807) is 25.1 Å². The quantitative estimate of drug-likeness (QED) is 0.878. The Balaban J connectivity index is 2.02. The van der Waals surface area contributed by atoms with Crippen LogP contribution < -0.4 is 15.4 Å². The van der Waals surface area contributed by atoms with Gasteiger partial charge in [-0.2, -0.15) is 8.78 Å². The fourth-order valence-electron chi connectivity index (χ4n) is 2.53. The molecule has 2 N–H and O–H groups in total. The van der Waals surface area contributed by atoms with Crippen molar-refractivity contribution in [3.8, 4) is 5.75 Å². The molecule has 2 rings (SSSR count). The number of rotatable bonds is 5. The van der Waals surface area contributed by atoms with Gasteiger partial charge in [-0.25, -0.2) is 0 Å². The largest absolute Gasteiger partial charge is 0.434 e. The van der Waals surface area contributed by atoms with Gasteiger partial charge in [-0.3, -0.25) is 4.79 Å². The summed E-state index contributed by atoms with van der Waals surface area (Å²) in [5.74, 6) is -0.0204. The maximum Gasteiger partial charge on any atom is 0.387 e. The standard InChI is InChI=1S/C15H20F2N2O2/c1-10(19-14(20)11-5-4-8-18-9-11)12-6-2-3-7-13(12)21-15(16)17/h2-3,6-7,10-11,15,18H,4-5,8-9H2,1H3,(H,19,20). The van der Waals surface area contributed by atoms with E-state index in [0.717, 1.165) is 19.4 Å². The van der Waals surface area contributed by atoms with E-state index in [1.807, 2.05) is 0 Å². The summed E-state index contributed by atoms with van der Waals surface area (Å²) in [5.41, 5.74) is 0.551. The third kappa shape index (κ3) is 4.39. The summed E-state index contributed by atoms with van der Waals surface area (Å²) >= 11 is 0. The summed E-state index contributed by atoms with van der Waals surface area (Å²) in [5, 5.41) is 6.06. The first-order chi connectivity index (χ1) is 10.1. The summed E-state index contributed by atoms with van der Waals surface area (Å²) in [6.07, 6.45) is 1.82. The maximum atomic E-state index is 12.4. The van der Waals surface area contributed by atoms with Crippen molar-refractivity contribution >= 4 is 5.91 Å². The zero-order chi connectivity index (χ0) is 15.2. The lowest BCUT2D eigenvalue weighted by Crippen LogP contribution is -2.41. The molecule has 2 unspecified atom stereocenters. The monoisotopic (exact) mass is 298 g/mol. The van der Waals surface area contributed by atoms with Crippen LogP contribution in [0.3, 0.4) is 0 Å². The fraction of sp³-hybridized carbons (Fsp3) is 0.533. The molecule has 1 aromatic rings. The van der Waals surface area contributed by atoms with E-state index in [2.05, 4.69) is 15.4 Å². The predicted octanol–water partition coefficient (Wildman–Crippen LogP) is 2.46. The highest BCUT2D eigenvalue weighted by molar-refractivity contribution is 5.79. The van der Waals surface area contributed by atoms with Crippen LogP contribution in [-0.4, -0.2) is 25.6 Å². The molecular formula is C15H20F2N2O2. The molecule has 1 saturated heterocycles. The van der Waals surface area contributed by atoms with Crippen LogP contribution in [0.4, 0.5) is 8.78 Å². The number of hydrogen-bond donors (Lipinski definition) is 2. The van der Waals surface area contributed by atoms with Crippen LogP contribution in [0.1, 0.15) is 31.4 Å². The van der Waals surface area contributed by atoms with E-state index in [-0.39, 0.29) is 23.6 Å². The van der Waals surface area contributed by atoms with Gasteiger partial charge in [-0.1, -0.05) is 18.2 Å². The van der Waals surface area contributed by atoms with Crippen LogP contribution >= 0.6 is 0 Å². The number of benzene rings is 1. The molecule has 0 spiro atoms. The Morgan fingerprint density at radius 1 is 1.43 bits per heavy atom. The zero-order valence-corrected chi connectivity index (χ0v) is 11.9. The molecule has 0 aromatic heterocycles. The number of para-hydroxylation sites is 1. The Hall–Kier alpha value is -1.69. The van der Waals surface area contributed by atoms with Gasteiger partial charge in [0, 0.05) is 12.1 Å². The normalized spacial score (nSPS) is 20.1. The van der Waals surface area contributed by atoms with Crippen molar-refractivity contribution in [3.63, 3.8) is 0 Å². The summed E-state index contributed by atoms with van der Waals surface area (Å²) < 4.78 is 29.3. The number of halogens is 2. The molecule has 2 atom stereocenters. The van der Waals surface area contributed by atoms with Crippen LogP contribution in [0.15, 0.2) is 24.3 Å². The molecule has 0 bridgehead atoms. The van der Waals surface area contributed by atoms with Crippen molar-refractivity contribution in [3.05, 3.63) is 29.8 Å². The van der Waals surface area contributed by atoms with Gasteiger partial charge in [-0.15, -0.1) is 0 Å². The summed E-state index contributed by atoms with van der Waals surface area (Å²) in [6.45, 7) is 0.483. The molecule has 0 saturated carbocycles. The molecule has 6 heteroatoms. The Bertz CT molecular complexity index is 476. The van der Waals surface area contributed by atoms with Gasteiger partial charge in [0.1, 0.15) is 5.75 Å². The predicted molar refractivity (Wildman–Crippen MR) is 75.2 cm³/mol. The maximum absolute atomic E-state index is 12.4. The third-order valence-corrected chi connectivity index (χ3v) is 3.63. The molecule has 1 aromatic carbocycles. The molecule has 21 heavy (non-hydrogen) atoms. The van der Waals surface area contributed by atoms with Gasteiger partial charge in [0.15, 0.2) is 0 Å². The Kier molecular flexibility index (Phi) is 5.50. The number of carbonyl (C=O) groups is 1. The first-order valence-corrected chi connectivity index (χ1v) is 7.12. The number of piperidine rings is 1. The average Bonchev–Trinajstić information content (AvgIpc) is 2.48. The van der Waals surface area contributed by atoms with E-state index < -0.39 is 6.61 Å². The van der Waals surface area contributed by atoms with Gasteiger partial charge in [0.05, 0.1) is 12.0 Å². The molecule has 0 radical (unpaired) electrons. The Morgan fingerprint density at radius 2 is 2.19 bits per heavy atom. The first-order valence-electron chi connectivity index (χ1n) is 7.12. The minimum atomic E-state index is -2.88. The van der Waals surface area contributed by atoms with Crippen molar-refractivity contribution in [1.29, 1.82) is 0 Å². The van der Waals surface area contributed by atoms with Crippen molar-refractivity contribution in [2.75, 3.05) is 13.1 Å². The van der Waals surface area contributed by atoms with Crippen LogP contribution in [0.25, 0.3) is 0 Å². The highest BCUT2D eigenvalue weighted by Gasteiger charge is 2.23. The third-order valence-electron chi connectivity index (χ3n) is 3.63. The lowest BCUT2D eigenvalue weighted by Gasteiger charge is -2.25. The number of amides is 1. The van der Waals surface area contributed by atoms with Crippen molar-refractivity contribution in [2.24, 2.45) is 5.92 Å². The van der Waals surface area contributed by atoms with E-state index in [4.69, 9.17) is 0 Å². The molecular weight excluding hydrogens is 278 g/mol. The molecule has 1 fully saturated rings. The number of carbonyl (C=O) groups excluding carboxylic acids is 1. The summed E-state index contributed by atoms with van der Waals surface area (Å²) in [4.78, 5) is 12.2. The summed E-state index contributed by atoms with van der Waals surface area (Å²) in [7, 11) is 0. The van der Waals surface area contributed by atoms with Crippen molar-refractivity contribution in [1.82, 2.24) is 10.6 Å². The molecule has 1 heterocycles. The van der Waals surface area contributed by atoms with Gasteiger partial charge in [-0.05, 0) is 32.4 Å². The van der Waals surface area contributed by atoms with Crippen LogP contribution in [0.5, 0.6) is 5.75 Å². The van der Waals surface area contributed by atoms with Crippen LogP contribution in [0.2, 0.25) is 0 Å². The second-order valence-electron chi connectivity index (χ2n) is 5.19. The van der Waals surface area contributed by atoms with Gasteiger partial charge in [0.25, 0.3) is 0 Å². The van der Waals surface area contributed by atoms with E-state index in [0.29, 0.717) is 12.1 Å². The fourth-order valence-corrected chi connectivity index (χ4v) is 2.53. The SMILES string of the molecule is CC(NC(=O)C1CCCNC1)c1ccccc1OC(F)F. The highest BCUT2D eigenvalue weighted by atomic mass is 19.3. The second-order valence-corrected chi connectivity index (χ2v) is 5.19. The van der Waals surface area contributed by atoms with E-state index >= 15 is 0 Å². The average molecular weight is 298 g/mol. The van der Waals surface area contributed by atoms with Gasteiger partial charge < -0.3 is 15.4 Å². The number of ether oxygens (including phenoxy) is 1. The number of nitrogens with one attached hydrogen (secondary N) is 2. The number of alkyl halides is 2. The minimum absolute atomic E-state index is 0.0541. The molecule has 1 amide bonds. The van der Waals surface area contributed by atoms with Crippen LogP contribution in [-0.2, 0) is 4.79 Å². The smallest absolute Gasteiger partial charge is 0.387 e. The van der Waals surface area contributed by atoms with Gasteiger partial charge in [0.2, 0.25) is 5.91 Å². The van der Waals surface area contributed by atoms with Crippen molar-refractivity contribution < 1.29 is 18.3 Å². The number of hydrogen-bond acceptors (Lipinski definition) is 3. The zero-order valence-electron chi connectivity index (χ0n) is 11.9. The topological polar surface area (TPSA) is 50.4 Å². The second kappa shape index (κ2) is 7.36. The van der Waals surface area contributed by atoms with Crippen LogP contribution in [0, 0.1) is 5.92 Å². The molecule has 0 aliphatic carbocycles.